The highest BCUT2D eigenvalue weighted by Crippen LogP contribution is 2.32. The lowest BCUT2D eigenvalue weighted by atomic mass is 10.1. The first-order chi connectivity index (χ1) is 16.3. The van der Waals surface area contributed by atoms with Gasteiger partial charge in [0.15, 0.2) is 11.5 Å². The van der Waals surface area contributed by atoms with Crippen molar-refractivity contribution in [1.29, 1.82) is 5.26 Å². The van der Waals surface area contributed by atoms with E-state index in [4.69, 9.17) is 20.5 Å². The maximum atomic E-state index is 12.6. The minimum Gasteiger partial charge on any atom is -0.490 e. The normalized spacial score (nSPS) is 11.4. The molecule has 0 fully saturated rings. The first-order valence-corrected chi connectivity index (χ1v) is 12.0. The van der Waals surface area contributed by atoms with Crippen molar-refractivity contribution < 1.29 is 22.1 Å². The molecule has 174 valence electrons. The zero-order valence-electron chi connectivity index (χ0n) is 18.2. The molecule has 9 heteroatoms. The van der Waals surface area contributed by atoms with Crippen molar-refractivity contribution in [3.8, 4) is 17.6 Å². The molecule has 0 unspecified atom stereocenters. The van der Waals surface area contributed by atoms with Gasteiger partial charge in [0.1, 0.15) is 16.5 Å². The van der Waals surface area contributed by atoms with Crippen LogP contribution in [0.25, 0.3) is 6.08 Å². The Hall–Kier alpha value is -3.80. The highest BCUT2D eigenvalue weighted by Gasteiger charge is 2.20. The summed E-state index contributed by atoms with van der Waals surface area (Å²) >= 11 is 5.82. The molecule has 0 spiro atoms. The van der Waals surface area contributed by atoms with Gasteiger partial charge in [-0.1, -0.05) is 48.0 Å². The van der Waals surface area contributed by atoms with Crippen molar-refractivity contribution in [2.45, 2.75) is 18.4 Å². The second-order valence-electron chi connectivity index (χ2n) is 6.97. The fraction of sp³-hybridized carbons (Fsp3) is 0.120. The van der Waals surface area contributed by atoms with Crippen LogP contribution in [0.15, 0.2) is 83.3 Å². The quantitative estimate of drug-likeness (QED) is 0.261. The Morgan fingerprint density at radius 1 is 1.06 bits per heavy atom. The van der Waals surface area contributed by atoms with E-state index >= 15 is 0 Å². The zero-order chi connectivity index (χ0) is 24.6. The number of amides is 1. The number of carbonyl (C=O) groups is 1. The Balaban J connectivity index is 1.81. The number of rotatable bonds is 9. The van der Waals surface area contributed by atoms with Crippen molar-refractivity contribution in [3.05, 3.63) is 94.5 Å². The first-order valence-electron chi connectivity index (χ1n) is 10.2. The maximum absolute atomic E-state index is 12.6. The Labute approximate surface area is 203 Å². The fourth-order valence-electron chi connectivity index (χ4n) is 2.91. The molecule has 0 aromatic heterocycles. The summed E-state index contributed by atoms with van der Waals surface area (Å²) in [4.78, 5) is 12.4. The number of hydrogen-bond donors (Lipinski definition) is 1. The second-order valence-corrected chi connectivity index (χ2v) is 8.95. The molecule has 0 saturated carbocycles. The van der Waals surface area contributed by atoms with Gasteiger partial charge in [-0.05, 0) is 60.5 Å². The summed E-state index contributed by atoms with van der Waals surface area (Å²) in [7, 11) is -4.13. The van der Waals surface area contributed by atoms with Crippen LogP contribution in [-0.2, 0) is 21.5 Å². The topological polar surface area (TPSA) is 105 Å². The van der Waals surface area contributed by atoms with E-state index in [-0.39, 0.29) is 35.1 Å². The van der Waals surface area contributed by atoms with Gasteiger partial charge >= 0.3 is 10.1 Å². The number of nitrogens with one attached hydrogen (secondary N) is 1. The summed E-state index contributed by atoms with van der Waals surface area (Å²) in [5.41, 5.74) is 1.25. The fourth-order valence-corrected chi connectivity index (χ4v) is 3.97. The molecule has 34 heavy (non-hydrogen) atoms. The molecule has 3 rings (SSSR count). The van der Waals surface area contributed by atoms with Gasteiger partial charge < -0.3 is 14.2 Å². The van der Waals surface area contributed by atoms with Crippen molar-refractivity contribution in [2.24, 2.45) is 0 Å². The minimum absolute atomic E-state index is 0.0269. The van der Waals surface area contributed by atoms with Crippen LogP contribution in [0.5, 0.6) is 11.5 Å². The van der Waals surface area contributed by atoms with Crippen LogP contribution in [0.2, 0.25) is 5.02 Å². The molecule has 0 heterocycles. The predicted octanol–water partition coefficient (Wildman–Crippen LogP) is 4.73. The van der Waals surface area contributed by atoms with E-state index in [0.29, 0.717) is 10.6 Å². The lowest BCUT2D eigenvalue weighted by Gasteiger charge is -2.13. The highest BCUT2D eigenvalue weighted by atomic mass is 35.5. The molecule has 7 nitrogen and oxygen atoms in total. The Bertz CT molecular complexity index is 1330. The third-order valence-corrected chi connectivity index (χ3v) is 6.04. The van der Waals surface area contributed by atoms with Crippen molar-refractivity contribution in [1.82, 2.24) is 5.32 Å². The van der Waals surface area contributed by atoms with Crippen LogP contribution in [0.3, 0.4) is 0 Å². The van der Waals surface area contributed by atoms with Gasteiger partial charge in [0.25, 0.3) is 5.91 Å². The summed E-state index contributed by atoms with van der Waals surface area (Å²) in [5.74, 6) is -0.410. The molecule has 0 atom stereocenters. The zero-order valence-corrected chi connectivity index (χ0v) is 19.8. The Morgan fingerprint density at radius 3 is 2.41 bits per heavy atom. The largest absolute Gasteiger partial charge is 0.490 e. The van der Waals surface area contributed by atoms with E-state index in [1.807, 2.05) is 36.4 Å². The Morgan fingerprint density at radius 2 is 1.76 bits per heavy atom. The molecule has 0 saturated heterocycles. The standard InChI is InChI=1S/C25H21ClN2O5S/c1-2-32-24-15-19(14-20(16-27)25(29)28-17-18-6-4-3-5-7-18)8-13-23(24)33-34(30,31)22-11-9-21(26)10-12-22/h3-15H,2,17H2,1H3,(H,28,29)/b20-14+. The van der Waals surface area contributed by atoms with E-state index in [2.05, 4.69) is 5.32 Å². The van der Waals surface area contributed by atoms with Gasteiger partial charge in [-0.15, -0.1) is 0 Å². The maximum Gasteiger partial charge on any atom is 0.339 e. The van der Waals surface area contributed by atoms with Crippen LogP contribution in [0.4, 0.5) is 0 Å². The van der Waals surface area contributed by atoms with Crippen molar-refractivity contribution >= 4 is 33.7 Å². The number of nitrogens with zero attached hydrogens (tertiary/aromatic N) is 1. The minimum atomic E-state index is -4.13. The third-order valence-electron chi connectivity index (χ3n) is 4.54. The monoisotopic (exact) mass is 496 g/mol. The summed E-state index contributed by atoms with van der Waals surface area (Å²) in [5, 5.41) is 12.6. The average molecular weight is 497 g/mol. The second kappa shape index (κ2) is 11.4. The third kappa shape index (κ3) is 6.61. The molecule has 3 aromatic rings. The molecule has 3 aromatic carbocycles. The summed E-state index contributed by atoms with van der Waals surface area (Å²) < 4.78 is 36.1. The van der Waals surface area contributed by atoms with Crippen molar-refractivity contribution in [3.63, 3.8) is 0 Å². The lowest BCUT2D eigenvalue weighted by Crippen LogP contribution is -2.23. The molecule has 0 aliphatic heterocycles. The van der Waals surface area contributed by atoms with Crippen LogP contribution in [0.1, 0.15) is 18.1 Å². The van der Waals surface area contributed by atoms with Crippen LogP contribution in [0, 0.1) is 11.3 Å². The number of nitriles is 1. The van der Waals surface area contributed by atoms with Gasteiger partial charge in [0, 0.05) is 11.6 Å². The number of carbonyl (C=O) groups excluding carboxylic acids is 1. The molecule has 0 radical (unpaired) electrons. The summed E-state index contributed by atoms with van der Waals surface area (Å²) in [6.45, 7) is 2.25. The molecule has 1 N–H and O–H groups in total. The van der Waals surface area contributed by atoms with E-state index in [1.165, 1.54) is 48.5 Å². The molecule has 0 aliphatic carbocycles. The molecule has 0 bridgehead atoms. The Kier molecular flexibility index (Phi) is 8.30. The summed E-state index contributed by atoms with van der Waals surface area (Å²) in [6.07, 6.45) is 1.39. The molecular formula is C25H21ClN2O5S. The van der Waals surface area contributed by atoms with Gasteiger partial charge in [-0.3, -0.25) is 4.79 Å². The van der Waals surface area contributed by atoms with Gasteiger partial charge in [0.05, 0.1) is 6.61 Å². The van der Waals surface area contributed by atoms with Crippen molar-refractivity contribution in [2.75, 3.05) is 6.61 Å². The van der Waals surface area contributed by atoms with E-state index in [1.54, 1.807) is 6.92 Å². The van der Waals surface area contributed by atoms with E-state index in [0.717, 1.165) is 5.56 Å². The van der Waals surface area contributed by atoms with E-state index < -0.39 is 16.0 Å². The first kappa shape index (κ1) is 24.8. The van der Waals surface area contributed by atoms with E-state index in [9.17, 15) is 18.5 Å². The van der Waals surface area contributed by atoms with Crippen LogP contribution >= 0.6 is 11.6 Å². The number of ether oxygens (including phenoxy) is 1. The predicted molar refractivity (Wildman–Crippen MR) is 129 cm³/mol. The van der Waals surface area contributed by atoms with Gasteiger partial charge in [0.2, 0.25) is 0 Å². The van der Waals surface area contributed by atoms with Gasteiger partial charge in [-0.2, -0.15) is 13.7 Å². The van der Waals surface area contributed by atoms with Crippen LogP contribution < -0.4 is 14.2 Å². The lowest BCUT2D eigenvalue weighted by molar-refractivity contribution is -0.117. The smallest absolute Gasteiger partial charge is 0.339 e. The number of hydrogen-bond acceptors (Lipinski definition) is 6. The molecule has 1 amide bonds. The SMILES string of the molecule is CCOc1cc(/C=C(\C#N)C(=O)NCc2ccccc2)ccc1OS(=O)(=O)c1ccc(Cl)cc1. The molecule has 0 aliphatic rings. The highest BCUT2D eigenvalue weighted by molar-refractivity contribution is 7.87. The number of benzene rings is 3. The summed E-state index contributed by atoms with van der Waals surface area (Å²) in [6, 6.07) is 21.2. The average Bonchev–Trinajstić information content (AvgIpc) is 2.83. The molecular weight excluding hydrogens is 476 g/mol. The van der Waals surface area contributed by atoms with Gasteiger partial charge in [-0.25, -0.2) is 0 Å². The number of halogens is 1. The van der Waals surface area contributed by atoms with Crippen LogP contribution in [-0.4, -0.2) is 20.9 Å².